The molecule has 2 rings (SSSR count). The summed E-state index contributed by atoms with van der Waals surface area (Å²) in [4.78, 5) is 23.9. The Morgan fingerprint density at radius 3 is 2.04 bits per heavy atom. The molecule has 0 saturated heterocycles. The Hall–Kier alpha value is -3.19. The van der Waals surface area contributed by atoms with Gasteiger partial charge in [0, 0.05) is 11.3 Å². The summed E-state index contributed by atoms with van der Waals surface area (Å²) in [7, 11) is 1.57. The van der Waals surface area contributed by atoms with Crippen molar-refractivity contribution in [2.24, 2.45) is 5.73 Å². The molecule has 25 heavy (non-hydrogen) atoms. The number of carbonyl (C=O) groups excluding carboxylic acids is 1. The first-order valence-corrected chi connectivity index (χ1v) is 7.60. The van der Waals surface area contributed by atoms with Gasteiger partial charge in [-0.3, -0.25) is 19.9 Å². The maximum absolute atomic E-state index is 11.9. The standard InChI is InChI=1S/C18H20N4O3/c1-22(11-17(24)25)10-16(23)21-15-8-6-13(7-9-15)12-2-4-14(5-3-12)18(19)20/h2-9H,10-11H2,1H3,(H3,19,20)(H,21,23)(H,24,25). The number of nitrogen functional groups attached to an aromatic ring is 1. The number of rotatable bonds is 7. The van der Waals surface area contributed by atoms with Crippen LogP contribution in [-0.4, -0.2) is 47.9 Å². The zero-order chi connectivity index (χ0) is 18.4. The molecule has 0 spiro atoms. The smallest absolute Gasteiger partial charge is 0.317 e. The molecule has 7 heteroatoms. The third-order valence-corrected chi connectivity index (χ3v) is 3.52. The van der Waals surface area contributed by atoms with Crippen molar-refractivity contribution >= 4 is 23.4 Å². The molecule has 2 aromatic rings. The molecule has 2 aromatic carbocycles. The molecule has 0 unspecified atom stereocenters. The van der Waals surface area contributed by atoms with E-state index in [2.05, 4.69) is 5.32 Å². The molecule has 0 aliphatic rings. The molecular weight excluding hydrogens is 320 g/mol. The van der Waals surface area contributed by atoms with E-state index in [1.54, 1.807) is 31.3 Å². The quantitative estimate of drug-likeness (QED) is 0.451. The summed E-state index contributed by atoms with van der Waals surface area (Å²) in [6, 6.07) is 14.6. The van der Waals surface area contributed by atoms with Gasteiger partial charge in [0.25, 0.3) is 0 Å². The van der Waals surface area contributed by atoms with Crippen molar-refractivity contribution in [2.75, 3.05) is 25.5 Å². The Labute approximate surface area is 145 Å². The monoisotopic (exact) mass is 340 g/mol. The molecule has 0 aromatic heterocycles. The van der Waals surface area contributed by atoms with Gasteiger partial charge in [-0.15, -0.1) is 0 Å². The summed E-state index contributed by atoms with van der Waals surface area (Å²) in [5.41, 5.74) is 8.68. The number of amidine groups is 1. The molecule has 130 valence electrons. The number of carboxylic acids is 1. The van der Waals surface area contributed by atoms with Crippen molar-refractivity contribution in [1.29, 1.82) is 5.41 Å². The van der Waals surface area contributed by atoms with Gasteiger partial charge in [0.15, 0.2) is 0 Å². The van der Waals surface area contributed by atoms with Gasteiger partial charge in [0.05, 0.1) is 13.1 Å². The van der Waals surface area contributed by atoms with Gasteiger partial charge >= 0.3 is 5.97 Å². The molecule has 5 N–H and O–H groups in total. The second kappa shape index (κ2) is 8.07. The Kier molecular flexibility index (Phi) is 5.86. The Morgan fingerprint density at radius 1 is 1.04 bits per heavy atom. The molecule has 0 radical (unpaired) electrons. The summed E-state index contributed by atoms with van der Waals surface area (Å²) >= 11 is 0. The zero-order valence-corrected chi connectivity index (χ0v) is 13.8. The zero-order valence-electron chi connectivity index (χ0n) is 13.8. The summed E-state index contributed by atoms with van der Waals surface area (Å²) in [5, 5.41) is 18.8. The van der Waals surface area contributed by atoms with E-state index < -0.39 is 5.97 Å². The van der Waals surface area contributed by atoms with Crippen LogP contribution in [0.4, 0.5) is 5.69 Å². The first-order valence-electron chi connectivity index (χ1n) is 7.60. The fourth-order valence-electron chi connectivity index (χ4n) is 2.32. The van der Waals surface area contributed by atoms with Gasteiger partial charge in [-0.2, -0.15) is 0 Å². The molecule has 7 nitrogen and oxygen atoms in total. The predicted molar refractivity (Wildman–Crippen MR) is 96.7 cm³/mol. The highest BCUT2D eigenvalue weighted by Gasteiger charge is 2.10. The van der Waals surface area contributed by atoms with Gasteiger partial charge in [0.1, 0.15) is 5.84 Å². The van der Waals surface area contributed by atoms with Crippen LogP contribution in [0.25, 0.3) is 11.1 Å². The second-order valence-electron chi connectivity index (χ2n) is 5.68. The number of nitrogens with one attached hydrogen (secondary N) is 2. The fraction of sp³-hybridized carbons (Fsp3) is 0.167. The summed E-state index contributed by atoms with van der Waals surface area (Å²) < 4.78 is 0. The highest BCUT2D eigenvalue weighted by molar-refractivity contribution is 5.95. The van der Waals surface area contributed by atoms with Gasteiger partial charge < -0.3 is 16.2 Å². The number of nitrogens with two attached hydrogens (primary N) is 1. The van der Waals surface area contributed by atoms with E-state index in [4.69, 9.17) is 16.2 Å². The van der Waals surface area contributed by atoms with E-state index in [0.29, 0.717) is 11.3 Å². The van der Waals surface area contributed by atoms with Crippen LogP contribution in [-0.2, 0) is 9.59 Å². The maximum Gasteiger partial charge on any atom is 0.317 e. The number of likely N-dealkylation sites (N-methyl/N-ethyl adjacent to an activating group) is 1. The van der Waals surface area contributed by atoms with Crippen molar-refractivity contribution in [1.82, 2.24) is 4.90 Å². The van der Waals surface area contributed by atoms with Gasteiger partial charge in [-0.1, -0.05) is 36.4 Å². The van der Waals surface area contributed by atoms with Crippen LogP contribution in [0.15, 0.2) is 48.5 Å². The first kappa shape index (κ1) is 18.2. The van der Waals surface area contributed by atoms with Gasteiger partial charge in [0.2, 0.25) is 5.91 Å². The molecule has 0 aliphatic heterocycles. The molecule has 0 bridgehead atoms. The summed E-state index contributed by atoms with van der Waals surface area (Å²) in [6.45, 7) is -0.191. The molecule has 0 atom stereocenters. The van der Waals surface area contributed by atoms with Crippen LogP contribution in [0.5, 0.6) is 0 Å². The highest BCUT2D eigenvalue weighted by atomic mass is 16.4. The SMILES string of the molecule is CN(CC(=O)O)CC(=O)Nc1ccc(-c2ccc(C(=N)N)cc2)cc1. The number of benzene rings is 2. The fourth-order valence-corrected chi connectivity index (χ4v) is 2.32. The Bertz CT molecular complexity index is 770. The lowest BCUT2D eigenvalue weighted by Crippen LogP contribution is -2.33. The lowest BCUT2D eigenvalue weighted by atomic mass is 10.0. The van der Waals surface area contributed by atoms with Crippen LogP contribution in [0.1, 0.15) is 5.56 Å². The average Bonchev–Trinajstić information content (AvgIpc) is 2.54. The van der Waals surface area contributed by atoms with Crippen LogP contribution < -0.4 is 11.1 Å². The van der Waals surface area contributed by atoms with Crippen LogP contribution >= 0.6 is 0 Å². The molecular formula is C18H20N4O3. The Balaban J connectivity index is 1.98. The number of hydrogen-bond donors (Lipinski definition) is 4. The number of aliphatic carboxylic acids is 1. The van der Waals surface area contributed by atoms with Gasteiger partial charge in [-0.25, -0.2) is 0 Å². The molecule has 1 amide bonds. The van der Waals surface area contributed by atoms with Crippen molar-refractivity contribution in [3.8, 4) is 11.1 Å². The molecule has 0 fully saturated rings. The van der Waals surface area contributed by atoms with Crippen molar-refractivity contribution in [2.45, 2.75) is 0 Å². The minimum atomic E-state index is -0.976. The van der Waals surface area contributed by atoms with Gasteiger partial charge in [-0.05, 0) is 30.3 Å². The first-order chi connectivity index (χ1) is 11.8. The van der Waals surface area contributed by atoms with Crippen LogP contribution in [0.3, 0.4) is 0 Å². The number of carbonyl (C=O) groups is 2. The van der Waals surface area contributed by atoms with E-state index in [0.717, 1.165) is 11.1 Å². The molecule has 0 aliphatic carbocycles. The van der Waals surface area contributed by atoms with E-state index in [9.17, 15) is 9.59 Å². The normalized spacial score (nSPS) is 10.5. The van der Waals surface area contributed by atoms with Crippen molar-refractivity contribution in [3.05, 3.63) is 54.1 Å². The number of hydrogen-bond acceptors (Lipinski definition) is 4. The minimum Gasteiger partial charge on any atom is -0.480 e. The van der Waals surface area contributed by atoms with E-state index in [1.165, 1.54) is 4.90 Å². The Morgan fingerprint density at radius 2 is 1.56 bits per heavy atom. The largest absolute Gasteiger partial charge is 0.480 e. The lowest BCUT2D eigenvalue weighted by Gasteiger charge is -2.13. The molecule has 0 heterocycles. The topological polar surface area (TPSA) is 120 Å². The number of carboxylic acid groups (broad SMARTS) is 1. The minimum absolute atomic E-state index is 0.000555. The lowest BCUT2D eigenvalue weighted by molar-refractivity contribution is -0.138. The van der Waals surface area contributed by atoms with Crippen LogP contribution in [0.2, 0.25) is 0 Å². The maximum atomic E-state index is 11.9. The van der Waals surface area contributed by atoms with Crippen molar-refractivity contribution in [3.63, 3.8) is 0 Å². The summed E-state index contributed by atoms with van der Waals surface area (Å²) in [5.74, 6) is -1.23. The van der Waals surface area contributed by atoms with Crippen LogP contribution in [0, 0.1) is 5.41 Å². The number of amides is 1. The third-order valence-electron chi connectivity index (χ3n) is 3.52. The summed E-state index contributed by atoms with van der Waals surface area (Å²) in [6.07, 6.45) is 0. The van der Waals surface area contributed by atoms with E-state index in [-0.39, 0.29) is 24.8 Å². The number of nitrogens with zero attached hydrogens (tertiary/aromatic N) is 1. The second-order valence-corrected chi connectivity index (χ2v) is 5.68. The average molecular weight is 340 g/mol. The predicted octanol–water partition coefficient (Wildman–Crippen LogP) is 1.59. The van der Waals surface area contributed by atoms with E-state index >= 15 is 0 Å². The number of anilines is 1. The molecule has 0 saturated carbocycles. The third kappa shape index (κ3) is 5.43. The van der Waals surface area contributed by atoms with Crippen molar-refractivity contribution < 1.29 is 14.7 Å². The highest BCUT2D eigenvalue weighted by Crippen LogP contribution is 2.21. The van der Waals surface area contributed by atoms with E-state index in [1.807, 2.05) is 24.3 Å².